The molecule has 1 amide bonds. The Hall–Kier alpha value is -0.880. The minimum absolute atomic E-state index is 0.00506. The number of aryl methyl sites for hydroxylation is 1. The average molecular weight is 341 g/mol. The van der Waals surface area contributed by atoms with Crippen LogP contribution < -0.4 is 5.32 Å². The highest BCUT2D eigenvalue weighted by molar-refractivity contribution is 9.10. The summed E-state index contributed by atoms with van der Waals surface area (Å²) in [6.07, 6.45) is 5.98. The van der Waals surface area contributed by atoms with Crippen LogP contribution >= 0.6 is 15.9 Å². The lowest BCUT2D eigenvalue weighted by molar-refractivity contribution is 0.0936. The summed E-state index contributed by atoms with van der Waals surface area (Å²) >= 11 is 3.41. The number of imidazole rings is 1. The van der Waals surface area contributed by atoms with E-state index in [9.17, 15) is 4.79 Å². The molecule has 0 radical (unpaired) electrons. The van der Waals surface area contributed by atoms with Gasteiger partial charge in [-0.1, -0.05) is 6.42 Å². The van der Waals surface area contributed by atoms with E-state index in [4.69, 9.17) is 0 Å². The van der Waals surface area contributed by atoms with E-state index in [1.807, 2.05) is 4.57 Å². The van der Waals surface area contributed by atoms with Crippen LogP contribution in [0.25, 0.3) is 0 Å². The number of aromatic nitrogens is 2. The lowest BCUT2D eigenvalue weighted by atomic mass is 10.1. The van der Waals surface area contributed by atoms with Crippen LogP contribution in [-0.2, 0) is 13.0 Å². The number of amides is 1. The maximum atomic E-state index is 12.3. The Balaban J connectivity index is 1.54. The maximum Gasteiger partial charge on any atom is 0.270 e. The second-order valence-electron chi connectivity index (χ2n) is 5.58. The normalized spacial score (nSPS) is 19.1. The summed E-state index contributed by atoms with van der Waals surface area (Å²) in [5.74, 6) is 1.02. The molecule has 0 spiro atoms. The summed E-state index contributed by atoms with van der Waals surface area (Å²) in [5.41, 5.74) is 0.691. The van der Waals surface area contributed by atoms with Gasteiger partial charge in [0, 0.05) is 26.1 Å². The lowest BCUT2D eigenvalue weighted by Gasteiger charge is -2.26. The standard InChI is InChI=1S/C14H21BrN4O/c15-13-12(19-9-4-5-11(19)17-13)14(20)16-6-10-18-7-2-1-3-8-18/h1-10H2,(H,16,20). The zero-order chi connectivity index (χ0) is 13.9. The number of carbonyl (C=O) groups excluding carboxylic acids is 1. The monoisotopic (exact) mass is 340 g/mol. The van der Waals surface area contributed by atoms with Gasteiger partial charge in [0.15, 0.2) is 0 Å². The third-order valence-corrected chi connectivity index (χ3v) is 4.72. The molecule has 2 aliphatic rings. The van der Waals surface area contributed by atoms with Crippen molar-refractivity contribution in [2.24, 2.45) is 0 Å². The van der Waals surface area contributed by atoms with Crippen LogP contribution in [-0.4, -0.2) is 46.5 Å². The molecule has 0 aromatic carbocycles. The van der Waals surface area contributed by atoms with E-state index in [1.165, 1.54) is 32.4 Å². The third-order valence-electron chi connectivity index (χ3n) is 4.16. The molecule has 6 heteroatoms. The molecule has 1 fully saturated rings. The summed E-state index contributed by atoms with van der Waals surface area (Å²) in [4.78, 5) is 19.2. The molecular weight excluding hydrogens is 320 g/mol. The van der Waals surface area contributed by atoms with Crippen LogP contribution in [0.15, 0.2) is 4.60 Å². The first-order valence-electron chi connectivity index (χ1n) is 7.51. The Kier molecular flexibility index (Phi) is 4.41. The van der Waals surface area contributed by atoms with Gasteiger partial charge in [-0.05, 0) is 48.3 Å². The van der Waals surface area contributed by atoms with Gasteiger partial charge >= 0.3 is 0 Å². The molecule has 0 atom stereocenters. The molecule has 0 saturated carbocycles. The van der Waals surface area contributed by atoms with Crippen LogP contribution in [0.4, 0.5) is 0 Å². The number of carbonyl (C=O) groups is 1. The fraction of sp³-hybridized carbons (Fsp3) is 0.714. The van der Waals surface area contributed by atoms with Crippen molar-refractivity contribution in [3.05, 3.63) is 16.1 Å². The van der Waals surface area contributed by atoms with Gasteiger partial charge in [0.2, 0.25) is 0 Å². The van der Waals surface area contributed by atoms with Gasteiger partial charge in [-0.2, -0.15) is 0 Å². The van der Waals surface area contributed by atoms with Gasteiger partial charge in [-0.25, -0.2) is 4.98 Å². The van der Waals surface area contributed by atoms with E-state index < -0.39 is 0 Å². The van der Waals surface area contributed by atoms with Gasteiger partial charge < -0.3 is 14.8 Å². The number of hydrogen-bond acceptors (Lipinski definition) is 3. The fourth-order valence-corrected chi connectivity index (χ4v) is 3.70. The van der Waals surface area contributed by atoms with Crippen LogP contribution in [0.1, 0.15) is 42.0 Å². The van der Waals surface area contributed by atoms with Crippen LogP contribution in [0, 0.1) is 0 Å². The van der Waals surface area contributed by atoms with Crippen molar-refractivity contribution in [2.45, 2.75) is 38.6 Å². The number of halogens is 1. The first-order chi connectivity index (χ1) is 9.75. The SMILES string of the molecule is O=C(NCCN1CCCCC1)c1c(Br)nc2n1CCC2. The molecule has 1 aromatic heterocycles. The number of nitrogens with one attached hydrogen (secondary N) is 1. The Morgan fingerprint density at radius 2 is 2.00 bits per heavy atom. The van der Waals surface area contributed by atoms with Gasteiger partial charge in [-0.15, -0.1) is 0 Å². The third kappa shape index (κ3) is 2.91. The highest BCUT2D eigenvalue weighted by Crippen LogP contribution is 2.23. The number of likely N-dealkylation sites (tertiary alicyclic amines) is 1. The van der Waals surface area contributed by atoms with Gasteiger partial charge in [-0.3, -0.25) is 4.79 Å². The van der Waals surface area contributed by atoms with E-state index in [0.717, 1.165) is 31.8 Å². The molecule has 0 bridgehead atoms. The van der Waals surface area contributed by atoms with Crippen LogP contribution in [0.2, 0.25) is 0 Å². The Labute approximate surface area is 127 Å². The molecular formula is C14H21BrN4O. The first kappa shape index (κ1) is 14.1. The molecule has 2 aliphatic heterocycles. The summed E-state index contributed by atoms with van der Waals surface area (Å²) < 4.78 is 2.73. The largest absolute Gasteiger partial charge is 0.349 e. The maximum absolute atomic E-state index is 12.3. The molecule has 0 aliphatic carbocycles. The smallest absolute Gasteiger partial charge is 0.270 e. The van der Waals surface area contributed by atoms with E-state index >= 15 is 0 Å². The van der Waals surface area contributed by atoms with Crippen molar-refractivity contribution < 1.29 is 4.79 Å². The van der Waals surface area contributed by atoms with Crippen molar-refractivity contribution in [3.8, 4) is 0 Å². The minimum Gasteiger partial charge on any atom is -0.349 e. The number of nitrogens with zero attached hydrogens (tertiary/aromatic N) is 3. The van der Waals surface area contributed by atoms with Gasteiger partial charge in [0.1, 0.15) is 16.1 Å². The van der Waals surface area contributed by atoms with E-state index in [0.29, 0.717) is 16.8 Å². The summed E-state index contributed by atoms with van der Waals surface area (Å²) in [6.45, 7) is 4.91. The predicted octanol–water partition coefficient (Wildman–Crippen LogP) is 1.81. The highest BCUT2D eigenvalue weighted by Gasteiger charge is 2.24. The van der Waals surface area contributed by atoms with Gasteiger partial charge in [0.25, 0.3) is 5.91 Å². The number of piperidine rings is 1. The van der Waals surface area contributed by atoms with Crippen molar-refractivity contribution >= 4 is 21.8 Å². The average Bonchev–Trinajstić information content (AvgIpc) is 2.99. The fourth-order valence-electron chi connectivity index (χ4n) is 3.10. The van der Waals surface area contributed by atoms with Crippen molar-refractivity contribution in [2.75, 3.05) is 26.2 Å². The molecule has 20 heavy (non-hydrogen) atoms. The second kappa shape index (κ2) is 6.26. The minimum atomic E-state index is -0.00506. The van der Waals surface area contributed by atoms with Crippen molar-refractivity contribution in [3.63, 3.8) is 0 Å². The molecule has 5 nitrogen and oxygen atoms in total. The summed E-state index contributed by atoms with van der Waals surface area (Å²) in [7, 11) is 0. The van der Waals surface area contributed by atoms with Crippen molar-refractivity contribution in [1.29, 1.82) is 0 Å². The van der Waals surface area contributed by atoms with Crippen LogP contribution in [0.5, 0.6) is 0 Å². The number of rotatable bonds is 4. The number of hydrogen-bond donors (Lipinski definition) is 1. The topological polar surface area (TPSA) is 50.2 Å². The van der Waals surface area contributed by atoms with Crippen molar-refractivity contribution in [1.82, 2.24) is 19.8 Å². The molecule has 1 aromatic rings. The molecule has 3 rings (SSSR count). The molecule has 110 valence electrons. The van der Waals surface area contributed by atoms with Gasteiger partial charge in [0.05, 0.1) is 0 Å². The highest BCUT2D eigenvalue weighted by atomic mass is 79.9. The molecule has 3 heterocycles. The number of fused-ring (bicyclic) bond motifs is 1. The molecule has 1 N–H and O–H groups in total. The zero-order valence-electron chi connectivity index (χ0n) is 11.7. The Bertz CT molecular complexity index is 494. The summed E-state index contributed by atoms with van der Waals surface area (Å²) in [5, 5.41) is 3.03. The lowest BCUT2D eigenvalue weighted by Crippen LogP contribution is -2.38. The predicted molar refractivity (Wildman–Crippen MR) is 80.9 cm³/mol. The first-order valence-corrected chi connectivity index (χ1v) is 8.30. The second-order valence-corrected chi connectivity index (χ2v) is 6.33. The van der Waals surface area contributed by atoms with E-state index in [-0.39, 0.29) is 5.91 Å². The Morgan fingerprint density at radius 3 is 2.80 bits per heavy atom. The quantitative estimate of drug-likeness (QED) is 0.909. The van der Waals surface area contributed by atoms with E-state index in [1.54, 1.807) is 0 Å². The van der Waals surface area contributed by atoms with Crippen LogP contribution in [0.3, 0.4) is 0 Å². The Morgan fingerprint density at radius 1 is 1.20 bits per heavy atom. The zero-order valence-corrected chi connectivity index (χ0v) is 13.3. The molecule has 0 unspecified atom stereocenters. The molecule has 1 saturated heterocycles. The van der Waals surface area contributed by atoms with E-state index in [2.05, 4.69) is 31.1 Å². The summed E-state index contributed by atoms with van der Waals surface area (Å²) in [6, 6.07) is 0.